The topological polar surface area (TPSA) is 139 Å². The minimum Gasteiger partial charge on any atom is -0.443 e. The number of Topliss-reactive ketones (excluding diaryl/α,β-unsaturated/α-hetero) is 3. The Morgan fingerprint density at radius 2 is 1.84 bits per heavy atom. The van der Waals surface area contributed by atoms with Gasteiger partial charge in [0.15, 0.2) is 11.6 Å². The van der Waals surface area contributed by atoms with E-state index in [1.165, 1.54) is 33.6 Å². The van der Waals surface area contributed by atoms with Crippen molar-refractivity contribution in [3.63, 3.8) is 0 Å². The molecule has 0 aromatic carbocycles. The number of carbonyl (C=O) groups excluding carboxylic acids is 5. The molecule has 0 unspecified atom stereocenters. The third kappa shape index (κ3) is 9.60. The molecule has 1 N–H and O–H groups in total. The highest BCUT2D eigenvalue weighted by Gasteiger charge is 2.50. The molecule has 2 aliphatic rings. The molecule has 2 amide bonds. The summed E-state index contributed by atoms with van der Waals surface area (Å²) in [5.74, 6) is -0.950. The van der Waals surface area contributed by atoms with Crippen LogP contribution in [0.2, 0.25) is 0 Å². The van der Waals surface area contributed by atoms with Crippen molar-refractivity contribution in [3.8, 4) is 10.7 Å². The van der Waals surface area contributed by atoms with Crippen molar-refractivity contribution < 1.29 is 28.7 Å². The summed E-state index contributed by atoms with van der Waals surface area (Å²) in [7, 11) is 3.95. The summed E-state index contributed by atoms with van der Waals surface area (Å²) in [6.45, 7) is 8.11. The van der Waals surface area contributed by atoms with E-state index in [9.17, 15) is 24.0 Å². The van der Waals surface area contributed by atoms with Crippen molar-refractivity contribution in [3.05, 3.63) is 33.2 Å². The van der Waals surface area contributed by atoms with Gasteiger partial charge in [0.25, 0.3) is 0 Å². The number of rotatable bonds is 14. The number of nitrogens with one attached hydrogen (secondary N) is 1. The lowest BCUT2D eigenvalue weighted by Crippen LogP contribution is -2.44. The number of nitrogens with zero attached hydrogens (tertiary/aromatic N) is 4. The molecule has 0 bridgehead atoms. The van der Waals surface area contributed by atoms with Crippen LogP contribution in [0.5, 0.6) is 0 Å². The van der Waals surface area contributed by atoms with Crippen LogP contribution in [0.1, 0.15) is 94.6 Å². The molecule has 1 saturated heterocycles. The molecule has 1 saturated carbocycles. The van der Waals surface area contributed by atoms with Crippen LogP contribution in [0.25, 0.3) is 10.7 Å². The highest BCUT2D eigenvalue weighted by atomic mass is 32.1. The zero-order chi connectivity index (χ0) is 32.9. The molecule has 2 aromatic rings. The molecule has 11 nitrogen and oxygen atoms in total. The van der Waals surface area contributed by atoms with Gasteiger partial charge in [0.05, 0.1) is 17.0 Å². The maximum absolute atomic E-state index is 13.1. The lowest BCUT2D eigenvalue weighted by atomic mass is 10.0. The minimum absolute atomic E-state index is 0.0160. The second-order valence-corrected chi connectivity index (χ2v) is 14.9. The van der Waals surface area contributed by atoms with Gasteiger partial charge in [-0.05, 0) is 80.4 Å². The Kier molecular flexibility index (Phi) is 11.1. The maximum atomic E-state index is 13.1. The SMILES string of the molecule is C[C@H]1CC/C(=C/C(=O)NC2(C(=O)CC(=O)CCc3nc(-c4nc(C(=O)CCCN(C)C)cs4)cs3)CC2)N1C(=O)OC(C)(C)C. The number of aromatic nitrogens is 2. The van der Waals surface area contributed by atoms with Gasteiger partial charge in [0, 0.05) is 47.8 Å². The highest BCUT2D eigenvalue weighted by Crippen LogP contribution is 2.38. The van der Waals surface area contributed by atoms with E-state index in [0.717, 1.165) is 18.0 Å². The Morgan fingerprint density at radius 1 is 1.11 bits per heavy atom. The third-order valence-corrected chi connectivity index (χ3v) is 9.42. The first-order chi connectivity index (χ1) is 21.2. The molecule has 4 rings (SSSR count). The summed E-state index contributed by atoms with van der Waals surface area (Å²) in [5, 5.41) is 7.84. The normalized spacial score (nSPS) is 18.3. The summed E-state index contributed by atoms with van der Waals surface area (Å²) < 4.78 is 5.51. The molecule has 3 heterocycles. The summed E-state index contributed by atoms with van der Waals surface area (Å²) in [6.07, 6.45) is 4.58. The van der Waals surface area contributed by atoms with E-state index in [-0.39, 0.29) is 36.2 Å². The zero-order valence-corrected chi connectivity index (χ0v) is 28.6. The van der Waals surface area contributed by atoms with Crippen LogP contribution in [-0.4, -0.2) is 86.9 Å². The Morgan fingerprint density at radius 3 is 2.51 bits per heavy atom. The number of allylic oxidation sites excluding steroid dienone is 1. The monoisotopic (exact) mass is 657 g/mol. The third-order valence-electron chi connectivity index (χ3n) is 7.65. The molecule has 1 aliphatic carbocycles. The van der Waals surface area contributed by atoms with E-state index in [0.29, 0.717) is 60.6 Å². The average Bonchev–Trinajstić information content (AvgIpc) is 3.28. The van der Waals surface area contributed by atoms with Crippen molar-refractivity contribution in [2.45, 2.75) is 103 Å². The number of thiazole rings is 2. The number of carbonyl (C=O) groups is 5. The predicted octanol–water partition coefficient (Wildman–Crippen LogP) is 5.20. The van der Waals surface area contributed by atoms with Crippen molar-refractivity contribution in [1.82, 2.24) is 25.1 Å². The Balaban J connectivity index is 1.26. The van der Waals surface area contributed by atoms with Gasteiger partial charge in [0.2, 0.25) is 5.91 Å². The number of aryl methyl sites for hydroxylation is 1. The first kappa shape index (κ1) is 34.6. The van der Waals surface area contributed by atoms with Crippen molar-refractivity contribution in [1.29, 1.82) is 0 Å². The molecule has 0 spiro atoms. The van der Waals surface area contributed by atoms with E-state index in [1.54, 1.807) is 26.2 Å². The molecular weight excluding hydrogens is 615 g/mol. The van der Waals surface area contributed by atoms with Crippen molar-refractivity contribution in [2.75, 3.05) is 20.6 Å². The number of ketones is 3. The van der Waals surface area contributed by atoms with Gasteiger partial charge in [-0.1, -0.05) is 0 Å². The second kappa shape index (κ2) is 14.4. The largest absolute Gasteiger partial charge is 0.443 e. The van der Waals surface area contributed by atoms with Gasteiger partial charge in [-0.2, -0.15) is 0 Å². The van der Waals surface area contributed by atoms with E-state index in [1.807, 2.05) is 31.3 Å². The molecule has 1 aliphatic heterocycles. The van der Waals surface area contributed by atoms with Gasteiger partial charge in [-0.25, -0.2) is 14.8 Å². The fourth-order valence-electron chi connectivity index (χ4n) is 5.07. The van der Waals surface area contributed by atoms with Gasteiger partial charge < -0.3 is 15.0 Å². The lowest BCUT2D eigenvalue weighted by molar-refractivity contribution is -0.131. The van der Waals surface area contributed by atoms with Crippen LogP contribution in [-0.2, 0) is 25.5 Å². The number of hydrogen-bond acceptors (Lipinski definition) is 11. The first-order valence-electron chi connectivity index (χ1n) is 15.3. The van der Waals surface area contributed by atoms with Gasteiger partial charge in [-0.15, -0.1) is 22.7 Å². The molecule has 2 fully saturated rings. The van der Waals surface area contributed by atoms with E-state index >= 15 is 0 Å². The second-order valence-electron chi connectivity index (χ2n) is 13.1. The molecule has 13 heteroatoms. The van der Waals surface area contributed by atoms with Crippen LogP contribution in [0.15, 0.2) is 22.5 Å². The summed E-state index contributed by atoms with van der Waals surface area (Å²) >= 11 is 2.78. The van der Waals surface area contributed by atoms with Crippen molar-refractivity contribution in [2.24, 2.45) is 0 Å². The smallest absolute Gasteiger partial charge is 0.414 e. The van der Waals surface area contributed by atoms with Gasteiger partial charge >= 0.3 is 6.09 Å². The molecule has 2 aromatic heterocycles. The molecule has 45 heavy (non-hydrogen) atoms. The van der Waals surface area contributed by atoms with Crippen LogP contribution >= 0.6 is 22.7 Å². The average molecular weight is 658 g/mol. The van der Waals surface area contributed by atoms with E-state index < -0.39 is 23.1 Å². The zero-order valence-electron chi connectivity index (χ0n) is 26.9. The lowest BCUT2D eigenvalue weighted by Gasteiger charge is -2.28. The Hall–Kier alpha value is -3.29. The van der Waals surface area contributed by atoms with Gasteiger partial charge in [0.1, 0.15) is 27.8 Å². The summed E-state index contributed by atoms with van der Waals surface area (Å²) in [6, 6.07) is -0.103. The van der Waals surface area contributed by atoms with Crippen LogP contribution in [0, 0.1) is 0 Å². The standard InChI is InChI=1S/C32H43N5O6S2/c1-20-9-10-21(37(20)30(42)43-31(2,3)4)16-27(41)35-32(13-14-32)26(40)17-22(38)11-12-28-33-24(19-44-28)29-34-23(18-45-29)25(39)8-7-15-36(5)6/h16,18-20H,7-15,17H2,1-6H3,(H,35,41)/b21-16-/t20-/m0/s1. The van der Waals surface area contributed by atoms with Gasteiger partial charge in [-0.3, -0.25) is 24.1 Å². The predicted molar refractivity (Wildman–Crippen MR) is 173 cm³/mol. The quantitative estimate of drug-likeness (QED) is 0.165. The summed E-state index contributed by atoms with van der Waals surface area (Å²) in [5.41, 5.74) is -0.0221. The van der Waals surface area contributed by atoms with Crippen LogP contribution in [0.4, 0.5) is 4.79 Å². The molecule has 1 atom stereocenters. The molecule has 244 valence electrons. The highest BCUT2D eigenvalue weighted by molar-refractivity contribution is 7.14. The fourth-order valence-corrected chi connectivity index (χ4v) is 6.71. The number of ether oxygens (including phenoxy) is 1. The van der Waals surface area contributed by atoms with Crippen molar-refractivity contribution >= 4 is 52.0 Å². The maximum Gasteiger partial charge on any atom is 0.414 e. The van der Waals surface area contributed by atoms with E-state index in [2.05, 4.69) is 15.3 Å². The first-order valence-corrected chi connectivity index (χ1v) is 17.1. The number of amides is 2. The summed E-state index contributed by atoms with van der Waals surface area (Å²) in [4.78, 5) is 76.5. The Bertz CT molecular complexity index is 1470. The Labute approximate surface area is 272 Å². The molecular formula is C32H43N5O6S2. The molecule has 0 radical (unpaired) electrons. The van der Waals surface area contributed by atoms with Crippen LogP contribution < -0.4 is 5.32 Å². The minimum atomic E-state index is -1.04. The van der Waals surface area contributed by atoms with Crippen LogP contribution in [0.3, 0.4) is 0 Å². The number of hydrogen-bond donors (Lipinski definition) is 1. The van der Waals surface area contributed by atoms with E-state index in [4.69, 9.17) is 4.74 Å². The fraction of sp³-hybridized carbons (Fsp3) is 0.594. The number of likely N-dealkylation sites (tertiary alicyclic amines) is 1.